The molecule has 0 spiro atoms. The summed E-state index contributed by atoms with van der Waals surface area (Å²) in [6, 6.07) is 4.97. The van der Waals surface area contributed by atoms with Crippen LogP contribution in [0.15, 0.2) is 27.8 Å². The highest BCUT2D eigenvalue weighted by Crippen LogP contribution is 2.16. The van der Waals surface area contributed by atoms with Gasteiger partial charge in [-0.1, -0.05) is 11.6 Å². The van der Waals surface area contributed by atoms with Crippen LogP contribution < -0.4 is 16.3 Å². The van der Waals surface area contributed by atoms with Crippen LogP contribution in [0.3, 0.4) is 0 Å². The zero-order valence-electron chi connectivity index (χ0n) is 11.7. The Morgan fingerprint density at radius 3 is 2.45 bits per heavy atom. The van der Waals surface area contributed by atoms with Gasteiger partial charge in [-0.25, -0.2) is 14.2 Å². The first-order valence-electron chi connectivity index (χ1n) is 5.97. The lowest BCUT2D eigenvalue weighted by atomic mass is 10.2. The molecule has 0 bridgehead atoms. The Morgan fingerprint density at radius 2 is 1.90 bits per heavy atom. The lowest BCUT2D eigenvalue weighted by molar-refractivity contribution is 0.682. The second-order valence-corrected chi connectivity index (χ2v) is 5.13. The van der Waals surface area contributed by atoms with Gasteiger partial charge in [-0.2, -0.15) is 4.98 Å². The fraction of sp³-hybridized carbons (Fsp3) is 0.308. The Labute approximate surface area is 120 Å². The lowest BCUT2D eigenvalue weighted by Crippen LogP contribution is -2.42. The van der Waals surface area contributed by atoms with Crippen molar-refractivity contribution >= 4 is 17.5 Å². The minimum Gasteiger partial charge on any atom is -0.348 e. The zero-order chi connectivity index (χ0) is 15.0. The van der Waals surface area contributed by atoms with Gasteiger partial charge in [0.2, 0.25) is 5.95 Å². The Hall–Kier alpha value is -2.08. The van der Waals surface area contributed by atoms with Crippen molar-refractivity contribution < 1.29 is 0 Å². The Morgan fingerprint density at radius 1 is 1.25 bits per heavy atom. The summed E-state index contributed by atoms with van der Waals surface area (Å²) in [5, 5.41) is 0.550. The third-order valence-electron chi connectivity index (χ3n) is 2.96. The predicted octanol–water partition coefficient (Wildman–Crippen LogP) is 0.959. The Kier molecular flexibility index (Phi) is 3.67. The van der Waals surface area contributed by atoms with E-state index in [1.165, 1.54) is 4.57 Å². The van der Waals surface area contributed by atoms with Crippen LogP contribution in [0.2, 0.25) is 5.02 Å². The molecule has 0 saturated carbocycles. The number of hydrogen-bond donors (Lipinski definition) is 0. The summed E-state index contributed by atoms with van der Waals surface area (Å²) in [7, 11) is 5.02. The maximum absolute atomic E-state index is 12.4. The molecule has 0 aliphatic carbocycles. The first-order chi connectivity index (χ1) is 9.32. The molecule has 1 aromatic carbocycles. The molecule has 20 heavy (non-hydrogen) atoms. The van der Waals surface area contributed by atoms with E-state index in [1.807, 2.05) is 0 Å². The molecule has 0 radical (unpaired) electrons. The van der Waals surface area contributed by atoms with Crippen LogP contribution in [0.5, 0.6) is 0 Å². The van der Waals surface area contributed by atoms with E-state index in [0.717, 1.165) is 10.1 Å². The van der Waals surface area contributed by atoms with Crippen LogP contribution in [0, 0.1) is 6.92 Å². The molecule has 0 atom stereocenters. The maximum Gasteiger partial charge on any atom is 0.359 e. The fourth-order valence-corrected chi connectivity index (χ4v) is 2.23. The number of nitrogens with zero attached hydrogens (tertiary/aromatic N) is 4. The molecular formula is C13H15ClN4O2. The van der Waals surface area contributed by atoms with Crippen LogP contribution in [-0.2, 0) is 7.05 Å². The number of anilines is 1. The first-order valence-corrected chi connectivity index (χ1v) is 6.34. The molecule has 7 heteroatoms. The topological polar surface area (TPSA) is 60.1 Å². The molecule has 2 rings (SSSR count). The molecule has 2 aromatic rings. The Balaban J connectivity index is 2.80. The standard InChI is InChI=1S/C13H15ClN4O2/c1-8-7-9(14)5-6-10(8)18-12(19)15-11(16(2)3)17(4)13(18)20/h5-7H,1-4H3. The summed E-state index contributed by atoms with van der Waals surface area (Å²) in [6.45, 7) is 1.78. The Bertz CT molecular complexity index is 777. The summed E-state index contributed by atoms with van der Waals surface area (Å²) in [5.74, 6) is 0.308. The normalized spacial score (nSPS) is 10.7. The average molecular weight is 295 g/mol. The predicted molar refractivity (Wildman–Crippen MR) is 79.1 cm³/mol. The van der Waals surface area contributed by atoms with Gasteiger partial charge < -0.3 is 4.90 Å². The second-order valence-electron chi connectivity index (χ2n) is 4.70. The van der Waals surface area contributed by atoms with Crippen molar-refractivity contribution in [3.05, 3.63) is 49.8 Å². The minimum atomic E-state index is -0.609. The van der Waals surface area contributed by atoms with E-state index in [1.54, 1.807) is 51.2 Å². The van der Waals surface area contributed by atoms with Gasteiger partial charge in [0.1, 0.15) is 0 Å². The molecule has 0 aliphatic rings. The number of benzene rings is 1. The number of aryl methyl sites for hydroxylation is 1. The number of aromatic nitrogens is 3. The molecular weight excluding hydrogens is 280 g/mol. The van der Waals surface area contributed by atoms with Gasteiger partial charge in [-0.05, 0) is 30.7 Å². The van der Waals surface area contributed by atoms with Crippen LogP contribution >= 0.6 is 11.6 Å². The molecule has 1 heterocycles. The van der Waals surface area contributed by atoms with E-state index in [4.69, 9.17) is 11.6 Å². The van der Waals surface area contributed by atoms with Crippen molar-refractivity contribution in [2.75, 3.05) is 19.0 Å². The third-order valence-corrected chi connectivity index (χ3v) is 3.20. The molecule has 6 nitrogen and oxygen atoms in total. The van der Waals surface area contributed by atoms with Crippen molar-refractivity contribution in [2.45, 2.75) is 6.92 Å². The highest BCUT2D eigenvalue weighted by molar-refractivity contribution is 6.30. The van der Waals surface area contributed by atoms with Crippen molar-refractivity contribution in [1.82, 2.24) is 14.1 Å². The zero-order valence-corrected chi connectivity index (χ0v) is 12.5. The lowest BCUT2D eigenvalue weighted by Gasteiger charge is -2.16. The van der Waals surface area contributed by atoms with Gasteiger partial charge in [0.15, 0.2) is 0 Å². The largest absolute Gasteiger partial charge is 0.359 e. The smallest absolute Gasteiger partial charge is 0.348 e. The number of halogens is 1. The molecule has 0 amide bonds. The molecule has 0 saturated heterocycles. The maximum atomic E-state index is 12.4. The summed E-state index contributed by atoms with van der Waals surface area (Å²) in [6.07, 6.45) is 0. The molecule has 0 fully saturated rings. The summed E-state index contributed by atoms with van der Waals surface area (Å²) in [4.78, 5) is 30.1. The van der Waals surface area contributed by atoms with Crippen LogP contribution in [-0.4, -0.2) is 28.2 Å². The van der Waals surface area contributed by atoms with E-state index < -0.39 is 11.4 Å². The van der Waals surface area contributed by atoms with Crippen molar-refractivity contribution in [2.24, 2.45) is 7.05 Å². The van der Waals surface area contributed by atoms with Gasteiger partial charge in [-0.3, -0.25) is 4.57 Å². The fourth-order valence-electron chi connectivity index (χ4n) is 2.00. The van der Waals surface area contributed by atoms with Crippen LogP contribution in [0.1, 0.15) is 5.56 Å². The van der Waals surface area contributed by atoms with Crippen molar-refractivity contribution in [1.29, 1.82) is 0 Å². The molecule has 0 aliphatic heterocycles. The second kappa shape index (κ2) is 5.13. The van der Waals surface area contributed by atoms with E-state index in [9.17, 15) is 9.59 Å². The van der Waals surface area contributed by atoms with Gasteiger partial charge in [0, 0.05) is 26.2 Å². The van der Waals surface area contributed by atoms with E-state index in [2.05, 4.69) is 4.98 Å². The van der Waals surface area contributed by atoms with Gasteiger partial charge in [-0.15, -0.1) is 0 Å². The minimum absolute atomic E-state index is 0.308. The van der Waals surface area contributed by atoms with Crippen molar-refractivity contribution in [3.8, 4) is 5.69 Å². The molecule has 0 unspecified atom stereocenters. The summed E-state index contributed by atoms with van der Waals surface area (Å²) >= 11 is 5.89. The van der Waals surface area contributed by atoms with E-state index in [-0.39, 0.29) is 0 Å². The van der Waals surface area contributed by atoms with Gasteiger partial charge >= 0.3 is 11.4 Å². The highest BCUT2D eigenvalue weighted by Gasteiger charge is 2.14. The van der Waals surface area contributed by atoms with Gasteiger partial charge in [0.25, 0.3) is 0 Å². The van der Waals surface area contributed by atoms with Crippen molar-refractivity contribution in [3.63, 3.8) is 0 Å². The molecule has 0 N–H and O–H groups in total. The van der Waals surface area contributed by atoms with Crippen LogP contribution in [0.25, 0.3) is 5.69 Å². The van der Waals surface area contributed by atoms with Crippen LogP contribution in [0.4, 0.5) is 5.95 Å². The molecule has 106 valence electrons. The monoisotopic (exact) mass is 294 g/mol. The number of rotatable bonds is 2. The van der Waals surface area contributed by atoms with Gasteiger partial charge in [0.05, 0.1) is 5.69 Å². The van der Waals surface area contributed by atoms with E-state index >= 15 is 0 Å². The number of hydrogen-bond acceptors (Lipinski definition) is 4. The highest BCUT2D eigenvalue weighted by atomic mass is 35.5. The molecule has 1 aromatic heterocycles. The SMILES string of the molecule is Cc1cc(Cl)ccc1-n1c(=O)nc(N(C)C)n(C)c1=O. The third kappa shape index (κ3) is 2.34. The summed E-state index contributed by atoms with van der Waals surface area (Å²) in [5.41, 5.74) is 0.162. The summed E-state index contributed by atoms with van der Waals surface area (Å²) < 4.78 is 2.37. The first kappa shape index (κ1) is 14.3. The van der Waals surface area contributed by atoms with E-state index in [0.29, 0.717) is 16.7 Å². The quantitative estimate of drug-likeness (QED) is 0.828. The average Bonchev–Trinajstić information content (AvgIpc) is 2.36.